The van der Waals surface area contributed by atoms with E-state index in [0.717, 1.165) is 0 Å². The van der Waals surface area contributed by atoms with Gasteiger partial charge >= 0.3 is 10.4 Å². The van der Waals surface area contributed by atoms with Gasteiger partial charge in [-0.3, -0.25) is 9.11 Å². The summed E-state index contributed by atoms with van der Waals surface area (Å²) in [5.41, 5.74) is 3.17. The molecule has 0 saturated heterocycles. The van der Waals surface area contributed by atoms with Crippen LogP contribution in [-0.4, -0.2) is 17.5 Å². The maximum absolute atomic E-state index is 8.74. The molecule has 0 unspecified atom stereocenters. The van der Waals surface area contributed by atoms with Gasteiger partial charge in [-0.05, 0) is 58.4 Å². The standard InChI is InChI=1S/C18H16.H3N.H2O4S/c1-3-7-15-13(5-1)9-11-18-16-8-4-2-6-14(16)10-12-17(15)18;;1-5(2,3)4/h1,3,5,7,9-12H,2,4,6,8H2;1H3;(H2,1,2,3,4). The Bertz CT molecular complexity index is 959. The Morgan fingerprint density at radius 3 is 2.12 bits per heavy atom. The predicted molar refractivity (Wildman–Crippen MR) is 97.3 cm³/mol. The second-order valence-corrected chi connectivity index (χ2v) is 6.64. The summed E-state index contributed by atoms with van der Waals surface area (Å²) in [5.74, 6) is 0. The van der Waals surface area contributed by atoms with E-state index in [9.17, 15) is 0 Å². The molecule has 0 atom stereocenters. The fourth-order valence-electron chi connectivity index (χ4n) is 3.34. The van der Waals surface area contributed by atoms with Crippen LogP contribution in [0.15, 0.2) is 48.5 Å². The smallest absolute Gasteiger partial charge is 0.344 e. The van der Waals surface area contributed by atoms with Crippen molar-refractivity contribution >= 4 is 31.9 Å². The molecule has 0 radical (unpaired) electrons. The first-order valence-electron chi connectivity index (χ1n) is 7.55. The summed E-state index contributed by atoms with van der Waals surface area (Å²) < 4.78 is 31.6. The molecule has 0 saturated carbocycles. The van der Waals surface area contributed by atoms with Gasteiger partial charge in [0, 0.05) is 0 Å². The third-order valence-corrected chi connectivity index (χ3v) is 4.26. The van der Waals surface area contributed by atoms with Crippen LogP contribution >= 0.6 is 0 Å². The number of hydrogen-bond acceptors (Lipinski definition) is 3. The van der Waals surface area contributed by atoms with Crippen molar-refractivity contribution in [2.75, 3.05) is 0 Å². The Hall–Kier alpha value is -1.99. The lowest BCUT2D eigenvalue weighted by molar-refractivity contribution is 0.381. The molecule has 5 nitrogen and oxygen atoms in total. The van der Waals surface area contributed by atoms with Crippen molar-refractivity contribution in [3.63, 3.8) is 0 Å². The van der Waals surface area contributed by atoms with Gasteiger partial charge in [-0.15, -0.1) is 0 Å². The summed E-state index contributed by atoms with van der Waals surface area (Å²) in [6, 6.07) is 18.0. The minimum absolute atomic E-state index is 0. The topological polar surface area (TPSA) is 110 Å². The quantitative estimate of drug-likeness (QED) is 0.413. The Morgan fingerprint density at radius 2 is 1.38 bits per heavy atom. The van der Waals surface area contributed by atoms with Crippen LogP contribution in [0.2, 0.25) is 0 Å². The van der Waals surface area contributed by atoms with Gasteiger partial charge in [-0.2, -0.15) is 8.42 Å². The molecule has 5 N–H and O–H groups in total. The largest absolute Gasteiger partial charge is 0.394 e. The van der Waals surface area contributed by atoms with Crippen LogP contribution in [0.5, 0.6) is 0 Å². The predicted octanol–water partition coefficient (Wildman–Crippen LogP) is 4.38. The van der Waals surface area contributed by atoms with Crippen molar-refractivity contribution in [1.82, 2.24) is 6.15 Å². The fourth-order valence-corrected chi connectivity index (χ4v) is 3.34. The summed E-state index contributed by atoms with van der Waals surface area (Å²) in [7, 11) is -4.67. The van der Waals surface area contributed by atoms with Gasteiger partial charge in [0.15, 0.2) is 0 Å². The number of aryl methyl sites for hydroxylation is 2. The summed E-state index contributed by atoms with van der Waals surface area (Å²) in [6.07, 6.45) is 5.22. The maximum Gasteiger partial charge on any atom is 0.394 e. The number of fused-ring (bicyclic) bond motifs is 5. The van der Waals surface area contributed by atoms with Crippen LogP contribution < -0.4 is 6.15 Å². The van der Waals surface area contributed by atoms with Crippen molar-refractivity contribution in [1.29, 1.82) is 0 Å². The lowest BCUT2D eigenvalue weighted by Crippen LogP contribution is -2.02. The van der Waals surface area contributed by atoms with Gasteiger partial charge in [0.05, 0.1) is 0 Å². The van der Waals surface area contributed by atoms with Gasteiger partial charge in [-0.1, -0.05) is 48.5 Å². The molecule has 0 bridgehead atoms. The summed E-state index contributed by atoms with van der Waals surface area (Å²) >= 11 is 0. The third kappa shape index (κ3) is 4.10. The lowest BCUT2D eigenvalue weighted by Gasteiger charge is -2.18. The fraction of sp³-hybridized carbons (Fsp3) is 0.222. The molecule has 128 valence electrons. The molecule has 3 aromatic carbocycles. The molecule has 4 rings (SSSR count). The monoisotopic (exact) mass is 347 g/mol. The minimum atomic E-state index is -4.67. The zero-order valence-electron chi connectivity index (χ0n) is 13.3. The first kappa shape index (κ1) is 18.4. The molecule has 1 aliphatic carbocycles. The lowest BCUT2D eigenvalue weighted by atomic mass is 9.86. The molecular weight excluding hydrogens is 326 g/mol. The van der Waals surface area contributed by atoms with E-state index in [1.54, 1.807) is 11.1 Å². The molecule has 0 spiro atoms. The van der Waals surface area contributed by atoms with E-state index in [1.165, 1.54) is 47.2 Å². The van der Waals surface area contributed by atoms with Crippen molar-refractivity contribution in [3.8, 4) is 0 Å². The summed E-state index contributed by atoms with van der Waals surface area (Å²) in [6.45, 7) is 0. The van der Waals surface area contributed by atoms with Gasteiger partial charge in [0.1, 0.15) is 0 Å². The number of hydrogen-bond donors (Lipinski definition) is 3. The molecule has 0 fully saturated rings. The van der Waals surface area contributed by atoms with Crippen LogP contribution in [0.3, 0.4) is 0 Å². The molecule has 24 heavy (non-hydrogen) atoms. The van der Waals surface area contributed by atoms with Crippen LogP contribution in [-0.2, 0) is 23.2 Å². The highest BCUT2D eigenvalue weighted by Crippen LogP contribution is 2.33. The molecule has 0 aromatic heterocycles. The Balaban J connectivity index is 0.000000309. The van der Waals surface area contributed by atoms with Crippen molar-refractivity contribution in [3.05, 3.63) is 59.7 Å². The zero-order valence-corrected chi connectivity index (χ0v) is 14.1. The van der Waals surface area contributed by atoms with Gasteiger partial charge in [0.25, 0.3) is 0 Å². The maximum atomic E-state index is 8.74. The van der Waals surface area contributed by atoms with E-state index < -0.39 is 10.4 Å². The third-order valence-electron chi connectivity index (χ3n) is 4.26. The SMILES string of the molecule is N.O=S(=O)(O)O.c1ccc2c(c1)ccc1c3c(ccc12)CCCC3. The van der Waals surface area contributed by atoms with E-state index in [4.69, 9.17) is 17.5 Å². The molecule has 3 aromatic rings. The van der Waals surface area contributed by atoms with Crippen molar-refractivity contribution < 1.29 is 17.5 Å². The highest BCUT2D eigenvalue weighted by molar-refractivity contribution is 7.79. The van der Waals surface area contributed by atoms with E-state index in [2.05, 4.69) is 48.5 Å². The van der Waals surface area contributed by atoms with Crippen LogP contribution in [0.1, 0.15) is 24.0 Å². The second kappa shape index (κ2) is 7.27. The van der Waals surface area contributed by atoms with E-state index in [-0.39, 0.29) is 6.15 Å². The average molecular weight is 347 g/mol. The van der Waals surface area contributed by atoms with Crippen molar-refractivity contribution in [2.24, 2.45) is 0 Å². The number of rotatable bonds is 0. The Morgan fingerprint density at radius 1 is 0.750 bits per heavy atom. The van der Waals surface area contributed by atoms with E-state index in [1.807, 2.05) is 0 Å². The van der Waals surface area contributed by atoms with Gasteiger partial charge in [-0.25, -0.2) is 0 Å². The Kier molecular flexibility index (Phi) is 5.56. The molecule has 6 heteroatoms. The zero-order chi connectivity index (χ0) is 16.4. The average Bonchev–Trinajstić information content (AvgIpc) is 2.52. The number of benzene rings is 3. The van der Waals surface area contributed by atoms with Crippen LogP contribution in [0.4, 0.5) is 0 Å². The van der Waals surface area contributed by atoms with Gasteiger partial charge in [0.2, 0.25) is 0 Å². The van der Waals surface area contributed by atoms with E-state index in [0.29, 0.717) is 0 Å². The molecular formula is C18H21NO4S. The highest BCUT2D eigenvalue weighted by atomic mass is 32.3. The molecule has 0 amide bonds. The summed E-state index contributed by atoms with van der Waals surface area (Å²) in [5, 5.41) is 5.64. The van der Waals surface area contributed by atoms with Crippen LogP contribution in [0.25, 0.3) is 21.5 Å². The first-order valence-corrected chi connectivity index (χ1v) is 8.95. The second-order valence-electron chi connectivity index (χ2n) is 5.74. The minimum Gasteiger partial charge on any atom is -0.344 e. The van der Waals surface area contributed by atoms with Crippen molar-refractivity contribution in [2.45, 2.75) is 25.7 Å². The first-order chi connectivity index (χ1) is 10.9. The normalized spacial score (nSPS) is 13.6. The van der Waals surface area contributed by atoms with Gasteiger partial charge < -0.3 is 6.15 Å². The highest BCUT2D eigenvalue weighted by Gasteiger charge is 2.13. The van der Waals surface area contributed by atoms with E-state index >= 15 is 0 Å². The van der Waals surface area contributed by atoms with Crippen LogP contribution in [0, 0.1) is 0 Å². The summed E-state index contributed by atoms with van der Waals surface area (Å²) in [4.78, 5) is 0. The molecule has 0 aliphatic heterocycles. The molecule has 1 aliphatic rings. The molecule has 0 heterocycles. The Labute approximate surface area is 141 Å².